The van der Waals surface area contributed by atoms with Gasteiger partial charge in [-0.2, -0.15) is 4.98 Å². The molecule has 2 aliphatic heterocycles. The molecule has 2 aromatic rings. The number of carbonyl (C=O) groups excluding carboxylic acids is 1. The number of ether oxygens (including phenoxy) is 1. The Labute approximate surface area is 163 Å². The van der Waals surface area contributed by atoms with E-state index in [4.69, 9.17) is 9.26 Å². The first-order valence-electron chi connectivity index (χ1n) is 9.63. The summed E-state index contributed by atoms with van der Waals surface area (Å²) in [5, 5.41) is 3.89. The fourth-order valence-electron chi connectivity index (χ4n) is 3.74. The lowest BCUT2D eigenvalue weighted by molar-refractivity contribution is 0.0692. The Balaban J connectivity index is 1.45. The van der Waals surface area contributed by atoms with Crippen molar-refractivity contribution in [2.75, 3.05) is 25.4 Å². The van der Waals surface area contributed by atoms with Crippen LogP contribution in [0.15, 0.2) is 33.7 Å². The van der Waals surface area contributed by atoms with Gasteiger partial charge in [0.2, 0.25) is 5.89 Å². The molecule has 2 aliphatic rings. The molecule has 0 radical (unpaired) electrons. The number of benzene rings is 1. The van der Waals surface area contributed by atoms with Gasteiger partial charge in [-0.15, -0.1) is 11.8 Å². The molecule has 1 amide bonds. The van der Waals surface area contributed by atoms with Crippen molar-refractivity contribution in [2.45, 2.75) is 49.5 Å². The third-order valence-electron chi connectivity index (χ3n) is 5.17. The molecule has 144 valence electrons. The molecule has 0 bridgehead atoms. The Hall–Kier alpha value is -1.86. The maximum absolute atomic E-state index is 13.2. The molecule has 27 heavy (non-hydrogen) atoms. The fraction of sp³-hybridized carbons (Fsp3) is 0.550. The van der Waals surface area contributed by atoms with Gasteiger partial charge in [0.1, 0.15) is 0 Å². The number of carbonyl (C=O) groups is 1. The first-order chi connectivity index (χ1) is 13.2. The van der Waals surface area contributed by atoms with E-state index in [9.17, 15) is 4.79 Å². The summed E-state index contributed by atoms with van der Waals surface area (Å²) in [6.45, 7) is 4.08. The molecule has 0 N–H and O–H groups in total. The van der Waals surface area contributed by atoms with Crippen molar-refractivity contribution in [3.63, 3.8) is 0 Å². The lowest BCUT2D eigenvalue weighted by atomic mass is 9.97. The minimum absolute atomic E-state index is 0.0892. The highest BCUT2D eigenvalue weighted by Gasteiger charge is 2.29. The minimum Gasteiger partial charge on any atom is -0.377 e. The van der Waals surface area contributed by atoms with Crippen LogP contribution in [0.2, 0.25) is 0 Å². The highest BCUT2D eigenvalue weighted by Crippen LogP contribution is 2.30. The summed E-state index contributed by atoms with van der Waals surface area (Å²) in [7, 11) is 0. The molecule has 2 fully saturated rings. The number of rotatable bonds is 5. The largest absolute Gasteiger partial charge is 0.377 e. The second-order valence-corrected chi connectivity index (χ2v) is 8.27. The average Bonchev–Trinajstić information content (AvgIpc) is 3.38. The highest BCUT2D eigenvalue weighted by atomic mass is 32.2. The minimum atomic E-state index is 0.0892. The summed E-state index contributed by atoms with van der Waals surface area (Å²) in [4.78, 5) is 20.5. The number of amides is 1. The van der Waals surface area contributed by atoms with Gasteiger partial charge in [0.15, 0.2) is 5.82 Å². The Morgan fingerprint density at radius 2 is 2.19 bits per heavy atom. The Kier molecular flexibility index (Phi) is 5.78. The van der Waals surface area contributed by atoms with Crippen LogP contribution in [0.25, 0.3) is 0 Å². The Morgan fingerprint density at radius 1 is 1.30 bits per heavy atom. The number of piperidine rings is 1. The maximum Gasteiger partial charge on any atom is 0.255 e. The summed E-state index contributed by atoms with van der Waals surface area (Å²) in [5.41, 5.74) is 0.780. The summed E-state index contributed by atoms with van der Waals surface area (Å²) < 4.78 is 11.1. The molecule has 2 saturated heterocycles. The van der Waals surface area contributed by atoms with Crippen LogP contribution in [-0.2, 0) is 4.74 Å². The van der Waals surface area contributed by atoms with E-state index < -0.39 is 0 Å². The van der Waals surface area contributed by atoms with Crippen molar-refractivity contribution < 1.29 is 14.1 Å². The van der Waals surface area contributed by atoms with Gasteiger partial charge in [0.05, 0.1) is 17.6 Å². The lowest BCUT2D eigenvalue weighted by Crippen LogP contribution is -2.39. The van der Waals surface area contributed by atoms with Crippen LogP contribution in [-0.4, -0.2) is 52.5 Å². The van der Waals surface area contributed by atoms with E-state index >= 15 is 0 Å². The molecule has 1 aromatic carbocycles. The van der Waals surface area contributed by atoms with Crippen LogP contribution < -0.4 is 0 Å². The van der Waals surface area contributed by atoms with Crippen LogP contribution in [0.4, 0.5) is 0 Å². The zero-order chi connectivity index (χ0) is 18.6. The molecule has 0 saturated carbocycles. The van der Waals surface area contributed by atoms with Crippen molar-refractivity contribution in [1.82, 2.24) is 15.0 Å². The van der Waals surface area contributed by atoms with Gasteiger partial charge in [-0.3, -0.25) is 4.79 Å². The zero-order valence-electron chi connectivity index (χ0n) is 15.6. The monoisotopic (exact) mass is 387 g/mol. The van der Waals surface area contributed by atoms with Crippen LogP contribution in [0.1, 0.15) is 53.7 Å². The molecule has 0 spiro atoms. The van der Waals surface area contributed by atoms with Gasteiger partial charge < -0.3 is 14.2 Å². The van der Waals surface area contributed by atoms with E-state index in [1.807, 2.05) is 36.1 Å². The molecular formula is C20H25N3O3S. The van der Waals surface area contributed by atoms with E-state index in [0.29, 0.717) is 24.4 Å². The van der Waals surface area contributed by atoms with Gasteiger partial charge in [0, 0.05) is 30.3 Å². The highest BCUT2D eigenvalue weighted by molar-refractivity contribution is 7.99. The number of aryl methyl sites for hydroxylation is 1. The predicted octanol–water partition coefficient (Wildman–Crippen LogP) is 3.67. The van der Waals surface area contributed by atoms with E-state index in [2.05, 4.69) is 10.1 Å². The lowest BCUT2D eigenvalue weighted by Gasteiger charge is -2.31. The third-order valence-corrected chi connectivity index (χ3v) is 6.37. The standard InChI is InChI=1S/C20H25N3O3S/c1-14-21-19(26-22-14)15-6-4-10-23(12-15)20(24)17-8-2-3-9-18(17)27-13-16-7-5-11-25-16/h2-3,8-9,15-16H,4-7,10-13H2,1H3. The third kappa shape index (κ3) is 4.35. The first kappa shape index (κ1) is 18.5. The topological polar surface area (TPSA) is 68.5 Å². The number of hydrogen-bond acceptors (Lipinski definition) is 6. The summed E-state index contributed by atoms with van der Waals surface area (Å²) in [6.07, 6.45) is 4.47. The number of aromatic nitrogens is 2. The van der Waals surface area contributed by atoms with Gasteiger partial charge in [0.25, 0.3) is 5.91 Å². The van der Waals surface area contributed by atoms with Crippen molar-refractivity contribution in [3.05, 3.63) is 41.5 Å². The SMILES string of the molecule is Cc1noc(C2CCCN(C(=O)c3ccccc3SCC3CCCO3)C2)n1. The molecule has 2 unspecified atom stereocenters. The van der Waals surface area contributed by atoms with Crippen LogP contribution >= 0.6 is 11.8 Å². The van der Waals surface area contributed by atoms with Crippen LogP contribution in [0.3, 0.4) is 0 Å². The number of nitrogens with zero attached hydrogens (tertiary/aromatic N) is 3. The first-order valence-corrected chi connectivity index (χ1v) is 10.6. The average molecular weight is 388 g/mol. The van der Waals surface area contributed by atoms with Crippen molar-refractivity contribution in [1.29, 1.82) is 0 Å². The van der Waals surface area contributed by atoms with Crippen molar-refractivity contribution in [2.24, 2.45) is 0 Å². The molecule has 6 nitrogen and oxygen atoms in total. The van der Waals surface area contributed by atoms with Crippen molar-refractivity contribution in [3.8, 4) is 0 Å². The summed E-state index contributed by atoms with van der Waals surface area (Å²) in [5.74, 6) is 2.39. The second-order valence-electron chi connectivity index (χ2n) is 7.21. The van der Waals surface area contributed by atoms with Gasteiger partial charge in [-0.25, -0.2) is 0 Å². The number of thioether (sulfide) groups is 1. The van der Waals surface area contributed by atoms with E-state index in [0.717, 1.165) is 55.0 Å². The van der Waals surface area contributed by atoms with E-state index in [1.54, 1.807) is 11.8 Å². The zero-order valence-corrected chi connectivity index (χ0v) is 16.4. The molecule has 4 rings (SSSR count). The van der Waals surface area contributed by atoms with Gasteiger partial charge in [-0.05, 0) is 44.7 Å². The smallest absolute Gasteiger partial charge is 0.255 e. The second kappa shape index (κ2) is 8.44. The summed E-state index contributed by atoms with van der Waals surface area (Å²) in [6, 6.07) is 7.90. The predicted molar refractivity (Wildman–Crippen MR) is 103 cm³/mol. The summed E-state index contributed by atoms with van der Waals surface area (Å²) >= 11 is 1.72. The fourth-order valence-corrected chi connectivity index (χ4v) is 4.85. The molecule has 1 aromatic heterocycles. The Bertz CT molecular complexity index is 788. The molecule has 7 heteroatoms. The molecule has 3 heterocycles. The van der Waals surface area contributed by atoms with Gasteiger partial charge in [-0.1, -0.05) is 17.3 Å². The van der Waals surface area contributed by atoms with Crippen LogP contribution in [0, 0.1) is 6.92 Å². The van der Waals surface area contributed by atoms with Gasteiger partial charge >= 0.3 is 0 Å². The number of likely N-dealkylation sites (tertiary alicyclic amines) is 1. The maximum atomic E-state index is 13.2. The van der Waals surface area contributed by atoms with E-state index in [1.165, 1.54) is 0 Å². The molecule has 0 aliphatic carbocycles. The quantitative estimate of drug-likeness (QED) is 0.729. The Morgan fingerprint density at radius 3 is 2.96 bits per heavy atom. The van der Waals surface area contributed by atoms with E-state index in [-0.39, 0.29) is 11.8 Å². The molecule has 2 atom stereocenters. The van der Waals surface area contributed by atoms with Crippen LogP contribution in [0.5, 0.6) is 0 Å². The molecular weight excluding hydrogens is 362 g/mol. The number of hydrogen-bond donors (Lipinski definition) is 0. The normalized spacial score (nSPS) is 22.9. The van der Waals surface area contributed by atoms with Crippen molar-refractivity contribution >= 4 is 17.7 Å².